The predicted octanol–water partition coefficient (Wildman–Crippen LogP) is 5.97. The Kier molecular flexibility index (Phi) is 8.71. The SMILES string of the molecule is CCOc1ccccc1OC1CCCN(c2cncc(Nc3cccc(-c4ccc(OC(C)(C)C(=O)O)cc4)n3)n2)C1. The van der Waals surface area contributed by atoms with Crippen LogP contribution in [-0.4, -0.2) is 57.4 Å². The molecule has 10 nitrogen and oxygen atoms in total. The molecule has 0 spiro atoms. The lowest BCUT2D eigenvalue weighted by Gasteiger charge is -2.33. The van der Waals surface area contributed by atoms with Crippen LogP contribution in [0.3, 0.4) is 0 Å². The highest BCUT2D eigenvalue weighted by atomic mass is 16.5. The van der Waals surface area contributed by atoms with Gasteiger partial charge in [-0.25, -0.2) is 14.8 Å². The lowest BCUT2D eigenvalue weighted by molar-refractivity contribution is -0.152. The van der Waals surface area contributed by atoms with Crippen molar-refractivity contribution in [2.24, 2.45) is 0 Å². The van der Waals surface area contributed by atoms with Crippen molar-refractivity contribution in [1.82, 2.24) is 15.0 Å². The molecule has 0 radical (unpaired) electrons. The van der Waals surface area contributed by atoms with E-state index in [1.807, 2.05) is 61.5 Å². The van der Waals surface area contributed by atoms with Crippen LogP contribution in [0.25, 0.3) is 11.3 Å². The molecule has 3 heterocycles. The smallest absolute Gasteiger partial charge is 0.347 e. The van der Waals surface area contributed by atoms with Crippen molar-refractivity contribution in [2.75, 3.05) is 29.9 Å². The maximum Gasteiger partial charge on any atom is 0.347 e. The molecular formula is C32H35N5O5. The minimum absolute atomic E-state index is 0.00380. The Labute approximate surface area is 245 Å². The molecule has 0 saturated carbocycles. The van der Waals surface area contributed by atoms with Crippen molar-refractivity contribution in [3.8, 4) is 28.5 Å². The summed E-state index contributed by atoms with van der Waals surface area (Å²) in [6.45, 7) is 7.12. The van der Waals surface area contributed by atoms with Crippen molar-refractivity contribution in [2.45, 2.75) is 45.3 Å². The normalized spacial score (nSPS) is 15.1. The van der Waals surface area contributed by atoms with Crippen molar-refractivity contribution in [3.63, 3.8) is 0 Å². The third-order valence-electron chi connectivity index (χ3n) is 6.81. The maximum atomic E-state index is 11.4. The van der Waals surface area contributed by atoms with Gasteiger partial charge < -0.3 is 29.5 Å². The standard InChI is InChI=1S/C32H35N5O5/c1-4-40-26-11-5-6-12-27(26)41-24-9-8-18-37(21-24)30-20-33-19-29(36-30)35-28-13-7-10-25(34-28)22-14-16-23(17-15-22)42-32(2,3)31(38)39/h5-7,10-17,19-20,24H,4,8-9,18,21H2,1-3H3,(H,38,39)(H,34,35,36). The summed E-state index contributed by atoms with van der Waals surface area (Å²) in [6.07, 6.45) is 5.36. The fourth-order valence-electron chi connectivity index (χ4n) is 4.64. The number of para-hydroxylation sites is 2. The Morgan fingerprint density at radius 1 is 1.00 bits per heavy atom. The van der Waals surface area contributed by atoms with Gasteiger partial charge in [0.05, 0.1) is 31.2 Å². The second-order valence-corrected chi connectivity index (χ2v) is 10.4. The van der Waals surface area contributed by atoms with Crippen LogP contribution in [0, 0.1) is 0 Å². The first-order valence-electron chi connectivity index (χ1n) is 14.0. The molecule has 0 amide bonds. The number of nitrogens with one attached hydrogen (secondary N) is 1. The maximum absolute atomic E-state index is 11.4. The van der Waals surface area contributed by atoms with Gasteiger partial charge in [-0.15, -0.1) is 0 Å². The van der Waals surface area contributed by atoms with E-state index in [2.05, 4.69) is 15.2 Å². The van der Waals surface area contributed by atoms with Gasteiger partial charge >= 0.3 is 5.97 Å². The molecule has 0 aliphatic carbocycles. The third kappa shape index (κ3) is 7.06. The van der Waals surface area contributed by atoms with Gasteiger partial charge in [0, 0.05) is 12.1 Å². The molecule has 1 aliphatic heterocycles. The van der Waals surface area contributed by atoms with Gasteiger partial charge in [0.1, 0.15) is 23.5 Å². The number of carbonyl (C=O) groups is 1. The summed E-state index contributed by atoms with van der Waals surface area (Å²) in [5, 5.41) is 12.6. The van der Waals surface area contributed by atoms with Crippen molar-refractivity contribution in [3.05, 3.63) is 79.1 Å². The summed E-state index contributed by atoms with van der Waals surface area (Å²) >= 11 is 0. The number of rotatable bonds is 11. The number of piperidine rings is 1. The van der Waals surface area contributed by atoms with Gasteiger partial charge in [-0.1, -0.05) is 18.2 Å². The van der Waals surface area contributed by atoms with Crippen LogP contribution in [0.1, 0.15) is 33.6 Å². The number of aromatic nitrogens is 3. The van der Waals surface area contributed by atoms with E-state index in [1.54, 1.807) is 24.5 Å². The summed E-state index contributed by atoms with van der Waals surface area (Å²) < 4.78 is 17.7. The van der Waals surface area contributed by atoms with Gasteiger partial charge in [-0.3, -0.25) is 4.98 Å². The van der Waals surface area contributed by atoms with Crippen LogP contribution in [0.15, 0.2) is 79.1 Å². The summed E-state index contributed by atoms with van der Waals surface area (Å²) in [7, 11) is 0. The molecule has 1 unspecified atom stereocenters. The zero-order chi connectivity index (χ0) is 29.5. The molecule has 10 heteroatoms. The number of hydrogen-bond acceptors (Lipinski definition) is 9. The number of pyridine rings is 1. The number of carboxylic acids is 1. The molecule has 2 aromatic carbocycles. The fraction of sp³-hybridized carbons (Fsp3) is 0.312. The molecular weight excluding hydrogens is 534 g/mol. The number of hydrogen-bond donors (Lipinski definition) is 2. The van der Waals surface area contributed by atoms with E-state index in [9.17, 15) is 9.90 Å². The number of benzene rings is 2. The lowest BCUT2D eigenvalue weighted by Crippen LogP contribution is -2.41. The lowest BCUT2D eigenvalue weighted by atomic mass is 10.1. The van der Waals surface area contributed by atoms with Gasteiger partial charge in [0.25, 0.3) is 0 Å². The highest BCUT2D eigenvalue weighted by Gasteiger charge is 2.29. The van der Waals surface area contributed by atoms with Gasteiger partial charge in [-0.2, -0.15) is 0 Å². The quantitative estimate of drug-likeness (QED) is 0.224. The molecule has 4 aromatic rings. The summed E-state index contributed by atoms with van der Waals surface area (Å²) in [4.78, 5) is 27.5. The van der Waals surface area contributed by atoms with E-state index in [0.717, 1.165) is 48.0 Å². The van der Waals surface area contributed by atoms with Crippen molar-refractivity contribution in [1.29, 1.82) is 0 Å². The molecule has 2 aromatic heterocycles. The van der Waals surface area contributed by atoms with E-state index < -0.39 is 11.6 Å². The Balaban J connectivity index is 1.25. The van der Waals surface area contributed by atoms with E-state index >= 15 is 0 Å². The second kappa shape index (κ2) is 12.8. The first-order valence-corrected chi connectivity index (χ1v) is 14.0. The molecule has 5 rings (SSSR count). The molecule has 218 valence electrons. The number of nitrogens with zero attached hydrogens (tertiary/aromatic N) is 4. The van der Waals surface area contributed by atoms with Crippen molar-refractivity contribution < 1.29 is 24.1 Å². The number of aliphatic carboxylic acids is 1. The Bertz CT molecular complexity index is 1510. The van der Waals surface area contributed by atoms with E-state index in [4.69, 9.17) is 24.2 Å². The first kappa shape index (κ1) is 28.7. The largest absolute Gasteiger partial charge is 0.490 e. The highest BCUT2D eigenvalue weighted by molar-refractivity contribution is 5.76. The van der Waals surface area contributed by atoms with E-state index in [0.29, 0.717) is 30.5 Å². The average Bonchev–Trinajstić information content (AvgIpc) is 2.99. The van der Waals surface area contributed by atoms with Gasteiger partial charge in [0.2, 0.25) is 0 Å². The monoisotopic (exact) mass is 569 g/mol. The third-order valence-corrected chi connectivity index (χ3v) is 6.81. The molecule has 1 saturated heterocycles. The first-order chi connectivity index (χ1) is 20.3. The topological polar surface area (TPSA) is 119 Å². The summed E-state index contributed by atoms with van der Waals surface area (Å²) in [5.74, 6) is 2.92. The van der Waals surface area contributed by atoms with Crippen LogP contribution in [0.4, 0.5) is 17.5 Å². The fourth-order valence-corrected chi connectivity index (χ4v) is 4.64. The van der Waals surface area contributed by atoms with E-state index in [-0.39, 0.29) is 6.10 Å². The Hall–Kier alpha value is -4.86. The van der Waals surface area contributed by atoms with Crippen LogP contribution < -0.4 is 24.4 Å². The summed E-state index contributed by atoms with van der Waals surface area (Å²) in [6, 6.07) is 20.6. The number of ether oxygens (including phenoxy) is 3. The molecule has 1 fully saturated rings. The van der Waals surface area contributed by atoms with E-state index in [1.165, 1.54) is 13.8 Å². The van der Waals surface area contributed by atoms with Crippen molar-refractivity contribution >= 4 is 23.4 Å². The highest BCUT2D eigenvalue weighted by Crippen LogP contribution is 2.30. The van der Waals surface area contributed by atoms with Crippen LogP contribution in [-0.2, 0) is 4.79 Å². The second-order valence-electron chi connectivity index (χ2n) is 10.4. The average molecular weight is 570 g/mol. The molecule has 1 atom stereocenters. The number of anilines is 3. The zero-order valence-corrected chi connectivity index (χ0v) is 24.0. The predicted molar refractivity (Wildman–Crippen MR) is 161 cm³/mol. The number of carboxylic acid groups (broad SMARTS) is 1. The van der Waals surface area contributed by atoms with Crippen LogP contribution in [0.5, 0.6) is 17.2 Å². The zero-order valence-electron chi connectivity index (χ0n) is 24.0. The minimum atomic E-state index is -1.32. The van der Waals surface area contributed by atoms with Crippen LogP contribution in [0.2, 0.25) is 0 Å². The van der Waals surface area contributed by atoms with Crippen LogP contribution >= 0.6 is 0 Å². The Morgan fingerprint density at radius 3 is 2.55 bits per heavy atom. The minimum Gasteiger partial charge on any atom is -0.490 e. The van der Waals surface area contributed by atoms with Gasteiger partial charge in [-0.05, 0) is 82.1 Å². The molecule has 42 heavy (non-hydrogen) atoms. The summed E-state index contributed by atoms with van der Waals surface area (Å²) in [5.41, 5.74) is 0.289. The molecule has 1 aliphatic rings. The molecule has 0 bridgehead atoms. The van der Waals surface area contributed by atoms with Gasteiger partial charge in [0.15, 0.2) is 22.9 Å². The Morgan fingerprint density at radius 2 is 1.79 bits per heavy atom. The molecule has 2 N–H and O–H groups in total.